The molecule has 1 fully saturated rings. The molecule has 138 valence electrons. The number of sulfonamides is 1. The minimum Gasteiger partial charge on any atom is -0.343 e. The number of nitrogens with zero attached hydrogens (tertiary/aromatic N) is 1. The smallest absolute Gasteiger partial charge is 0.263 e. The SMILES string of the molecule is O=C1CCSC[C@H](C(=O)Nc2ccc(S(=O)(=O)Nc3nccs3)cc2)N1. The van der Waals surface area contributed by atoms with Gasteiger partial charge in [0.25, 0.3) is 10.0 Å². The number of hydrogen-bond acceptors (Lipinski definition) is 7. The fraction of sp³-hybridized carbons (Fsp3) is 0.267. The Hall–Kier alpha value is -2.11. The molecule has 0 spiro atoms. The van der Waals surface area contributed by atoms with Crippen LogP contribution in [-0.2, 0) is 19.6 Å². The van der Waals surface area contributed by atoms with Gasteiger partial charge in [-0.25, -0.2) is 13.4 Å². The Kier molecular flexibility index (Phi) is 5.79. The first-order valence-electron chi connectivity index (χ1n) is 7.64. The largest absolute Gasteiger partial charge is 0.343 e. The van der Waals surface area contributed by atoms with E-state index >= 15 is 0 Å². The molecular weight excluding hydrogens is 396 g/mol. The molecule has 2 aromatic rings. The van der Waals surface area contributed by atoms with Gasteiger partial charge in [0.05, 0.1) is 4.90 Å². The summed E-state index contributed by atoms with van der Waals surface area (Å²) < 4.78 is 26.9. The van der Waals surface area contributed by atoms with Crippen molar-refractivity contribution in [3.05, 3.63) is 35.8 Å². The zero-order chi connectivity index (χ0) is 18.6. The average Bonchev–Trinajstić information content (AvgIpc) is 3.00. The molecule has 11 heteroatoms. The number of anilines is 2. The third kappa shape index (κ3) is 4.74. The predicted octanol–water partition coefficient (Wildman–Crippen LogP) is 1.50. The van der Waals surface area contributed by atoms with E-state index in [2.05, 4.69) is 20.3 Å². The highest BCUT2D eigenvalue weighted by atomic mass is 32.2. The van der Waals surface area contributed by atoms with Crippen molar-refractivity contribution in [1.82, 2.24) is 10.3 Å². The van der Waals surface area contributed by atoms with E-state index in [1.807, 2.05) is 0 Å². The van der Waals surface area contributed by atoms with E-state index in [1.54, 1.807) is 5.38 Å². The summed E-state index contributed by atoms with van der Waals surface area (Å²) in [7, 11) is -3.74. The highest BCUT2D eigenvalue weighted by molar-refractivity contribution is 7.99. The molecule has 0 unspecified atom stereocenters. The first-order valence-corrected chi connectivity index (χ1v) is 11.2. The molecule has 0 bridgehead atoms. The van der Waals surface area contributed by atoms with E-state index in [9.17, 15) is 18.0 Å². The summed E-state index contributed by atoms with van der Waals surface area (Å²) in [4.78, 5) is 27.8. The highest BCUT2D eigenvalue weighted by Gasteiger charge is 2.23. The molecule has 2 heterocycles. The lowest BCUT2D eigenvalue weighted by Crippen LogP contribution is -2.44. The summed E-state index contributed by atoms with van der Waals surface area (Å²) in [5.74, 6) is 0.713. The molecule has 1 aromatic heterocycles. The number of hydrogen-bond donors (Lipinski definition) is 3. The molecule has 3 rings (SSSR count). The lowest BCUT2D eigenvalue weighted by molar-refractivity contribution is -0.125. The molecule has 1 aromatic carbocycles. The molecule has 2 amide bonds. The fourth-order valence-corrected chi connectivity index (χ4v) is 4.97. The molecule has 1 aliphatic rings. The summed E-state index contributed by atoms with van der Waals surface area (Å²) in [5.41, 5.74) is 0.451. The number of thioether (sulfide) groups is 1. The summed E-state index contributed by atoms with van der Waals surface area (Å²) in [6.07, 6.45) is 1.90. The molecule has 1 atom stereocenters. The van der Waals surface area contributed by atoms with Crippen LogP contribution in [0.1, 0.15) is 6.42 Å². The second-order valence-electron chi connectivity index (χ2n) is 5.40. The van der Waals surface area contributed by atoms with Crippen molar-refractivity contribution in [3.63, 3.8) is 0 Å². The molecule has 3 N–H and O–H groups in total. The van der Waals surface area contributed by atoms with Gasteiger partial charge in [-0.15, -0.1) is 11.3 Å². The number of aromatic nitrogens is 1. The number of amides is 2. The predicted molar refractivity (Wildman–Crippen MR) is 102 cm³/mol. The van der Waals surface area contributed by atoms with Gasteiger partial charge < -0.3 is 10.6 Å². The van der Waals surface area contributed by atoms with Gasteiger partial charge in [-0.3, -0.25) is 14.3 Å². The highest BCUT2D eigenvalue weighted by Crippen LogP contribution is 2.20. The number of carbonyl (C=O) groups excluding carboxylic acids is 2. The van der Waals surface area contributed by atoms with Crippen molar-refractivity contribution in [3.8, 4) is 0 Å². The first-order chi connectivity index (χ1) is 12.4. The number of thiazole rings is 1. The standard InChI is InChI=1S/C15H16N4O4S3/c20-13-5-7-24-9-12(18-13)14(21)17-10-1-3-11(4-2-10)26(22,23)19-15-16-6-8-25-15/h1-4,6,8,12H,5,7,9H2,(H,16,19)(H,17,21)(H,18,20)/t12-/m1/s1. The minimum atomic E-state index is -3.74. The van der Waals surface area contributed by atoms with Crippen LogP contribution in [0.4, 0.5) is 10.8 Å². The van der Waals surface area contributed by atoms with Crippen LogP contribution in [0.3, 0.4) is 0 Å². The monoisotopic (exact) mass is 412 g/mol. The second kappa shape index (κ2) is 8.06. The number of carbonyl (C=O) groups is 2. The van der Waals surface area contributed by atoms with Crippen molar-refractivity contribution in [2.24, 2.45) is 0 Å². The van der Waals surface area contributed by atoms with E-state index in [0.29, 0.717) is 23.6 Å². The maximum Gasteiger partial charge on any atom is 0.263 e. The van der Waals surface area contributed by atoms with Crippen molar-refractivity contribution in [2.45, 2.75) is 17.4 Å². The summed E-state index contributed by atoms with van der Waals surface area (Å²) in [6, 6.07) is 5.18. The van der Waals surface area contributed by atoms with Crippen LogP contribution in [0, 0.1) is 0 Å². The maximum atomic E-state index is 12.3. The van der Waals surface area contributed by atoms with Gasteiger partial charge in [0.1, 0.15) is 6.04 Å². The topological polar surface area (TPSA) is 117 Å². The third-order valence-corrected chi connectivity index (χ3v) is 6.73. The van der Waals surface area contributed by atoms with Gasteiger partial charge >= 0.3 is 0 Å². The Balaban J connectivity index is 1.65. The van der Waals surface area contributed by atoms with E-state index in [0.717, 1.165) is 0 Å². The molecule has 1 saturated heterocycles. The van der Waals surface area contributed by atoms with Crippen molar-refractivity contribution < 1.29 is 18.0 Å². The Labute approximate surface area is 158 Å². The Bertz CT molecular complexity index is 882. The number of benzene rings is 1. The first kappa shape index (κ1) is 18.7. The lowest BCUT2D eigenvalue weighted by Gasteiger charge is -2.15. The molecule has 0 saturated carbocycles. The van der Waals surface area contributed by atoms with Crippen LogP contribution in [0.25, 0.3) is 0 Å². The van der Waals surface area contributed by atoms with Crippen LogP contribution >= 0.6 is 23.1 Å². The maximum absolute atomic E-state index is 12.3. The van der Waals surface area contributed by atoms with E-state index in [-0.39, 0.29) is 21.8 Å². The summed E-state index contributed by atoms with van der Waals surface area (Å²) in [6.45, 7) is 0. The third-order valence-electron chi connectivity index (χ3n) is 3.50. The van der Waals surface area contributed by atoms with Crippen molar-refractivity contribution >= 4 is 55.8 Å². The molecule has 26 heavy (non-hydrogen) atoms. The van der Waals surface area contributed by atoms with Gasteiger partial charge in [0.2, 0.25) is 11.8 Å². The van der Waals surface area contributed by atoms with E-state index < -0.39 is 16.1 Å². The van der Waals surface area contributed by atoms with Crippen molar-refractivity contribution in [2.75, 3.05) is 21.5 Å². The Morgan fingerprint density at radius 3 is 2.73 bits per heavy atom. The quantitative estimate of drug-likeness (QED) is 0.685. The average molecular weight is 413 g/mol. The van der Waals surface area contributed by atoms with Gasteiger partial charge in [-0.1, -0.05) is 0 Å². The molecular formula is C15H16N4O4S3. The van der Waals surface area contributed by atoms with E-state index in [4.69, 9.17) is 0 Å². The lowest BCUT2D eigenvalue weighted by atomic mass is 10.2. The molecule has 8 nitrogen and oxygen atoms in total. The van der Waals surface area contributed by atoms with E-state index in [1.165, 1.54) is 53.6 Å². The van der Waals surface area contributed by atoms with Crippen LogP contribution in [-0.4, -0.2) is 42.8 Å². The summed E-state index contributed by atoms with van der Waals surface area (Å²) in [5, 5.41) is 7.32. The van der Waals surface area contributed by atoms with Crippen molar-refractivity contribution in [1.29, 1.82) is 0 Å². The molecule has 1 aliphatic heterocycles. The van der Waals surface area contributed by atoms with Gasteiger partial charge in [-0.05, 0) is 24.3 Å². The normalized spacial score (nSPS) is 17.8. The van der Waals surface area contributed by atoms with Crippen LogP contribution in [0.5, 0.6) is 0 Å². The Morgan fingerprint density at radius 1 is 1.27 bits per heavy atom. The second-order valence-corrected chi connectivity index (χ2v) is 9.13. The Morgan fingerprint density at radius 2 is 2.04 bits per heavy atom. The molecule has 0 aliphatic carbocycles. The van der Waals surface area contributed by atoms with Crippen LogP contribution in [0.15, 0.2) is 40.7 Å². The molecule has 0 radical (unpaired) electrons. The van der Waals surface area contributed by atoms with Crippen LogP contribution < -0.4 is 15.4 Å². The summed E-state index contributed by atoms with van der Waals surface area (Å²) >= 11 is 2.72. The zero-order valence-electron chi connectivity index (χ0n) is 13.5. The minimum absolute atomic E-state index is 0.0593. The van der Waals surface area contributed by atoms with Crippen LogP contribution in [0.2, 0.25) is 0 Å². The van der Waals surface area contributed by atoms with Gasteiger partial charge in [0.15, 0.2) is 5.13 Å². The van der Waals surface area contributed by atoms with Gasteiger partial charge in [0, 0.05) is 35.2 Å². The number of nitrogens with one attached hydrogen (secondary N) is 3. The zero-order valence-corrected chi connectivity index (χ0v) is 15.9. The fourth-order valence-electron chi connectivity index (χ4n) is 2.21. The number of rotatable bonds is 5. The van der Waals surface area contributed by atoms with Gasteiger partial charge in [-0.2, -0.15) is 11.8 Å².